The van der Waals surface area contributed by atoms with Crippen molar-refractivity contribution in [3.05, 3.63) is 48.2 Å². The van der Waals surface area contributed by atoms with Gasteiger partial charge >= 0.3 is 0 Å². The third-order valence-electron chi connectivity index (χ3n) is 2.32. The van der Waals surface area contributed by atoms with Gasteiger partial charge in [0.05, 0.1) is 12.8 Å². The first-order valence-electron chi connectivity index (χ1n) is 5.27. The number of rotatable bonds is 4. The van der Waals surface area contributed by atoms with Crippen molar-refractivity contribution in [1.29, 1.82) is 0 Å². The van der Waals surface area contributed by atoms with E-state index in [0.29, 0.717) is 5.75 Å². The fraction of sp³-hybridized carbons (Fsp3) is 0.0833. The molecule has 0 aliphatic rings. The molecule has 0 spiro atoms. The SMILES string of the molecule is O=S(=O)(Cl)c1ccc(Oc2ccc(CO)cc2)nc1. The van der Waals surface area contributed by atoms with E-state index in [1.54, 1.807) is 24.3 Å². The summed E-state index contributed by atoms with van der Waals surface area (Å²) < 4.78 is 27.5. The van der Waals surface area contributed by atoms with Gasteiger partial charge in [0, 0.05) is 16.7 Å². The van der Waals surface area contributed by atoms with E-state index in [9.17, 15) is 8.42 Å². The van der Waals surface area contributed by atoms with E-state index in [2.05, 4.69) is 4.98 Å². The van der Waals surface area contributed by atoms with Crippen molar-refractivity contribution in [3.63, 3.8) is 0 Å². The first-order valence-corrected chi connectivity index (χ1v) is 7.58. The summed E-state index contributed by atoms with van der Waals surface area (Å²) >= 11 is 0. The number of pyridine rings is 1. The summed E-state index contributed by atoms with van der Waals surface area (Å²) in [7, 11) is 1.40. The predicted octanol–water partition coefficient (Wildman–Crippen LogP) is 2.29. The Bertz CT molecular complexity index is 653. The third kappa shape index (κ3) is 3.66. The number of halogens is 1. The van der Waals surface area contributed by atoms with Crippen LogP contribution in [0.2, 0.25) is 0 Å². The largest absolute Gasteiger partial charge is 0.439 e. The van der Waals surface area contributed by atoms with E-state index in [4.69, 9.17) is 20.5 Å². The fourth-order valence-corrected chi connectivity index (χ4v) is 2.04. The second kappa shape index (κ2) is 5.56. The number of aromatic nitrogens is 1. The minimum Gasteiger partial charge on any atom is -0.439 e. The molecule has 1 N–H and O–H groups in total. The van der Waals surface area contributed by atoms with Crippen LogP contribution in [0.3, 0.4) is 0 Å². The lowest BCUT2D eigenvalue weighted by atomic mass is 10.2. The van der Waals surface area contributed by atoms with E-state index in [1.807, 2.05) is 0 Å². The van der Waals surface area contributed by atoms with Gasteiger partial charge in [-0.3, -0.25) is 0 Å². The molecule has 0 fully saturated rings. The number of benzene rings is 1. The Labute approximate surface area is 114 Å². The van der Waals surface area contributed by atoms with Gasteiger partial charge in [-0.1, -0.05) is 12.1 Å². The third-order valence-corrected chi connectivity index (χ3v) is 3.66. The van der Waals surface area contributed by atoms with Crippen molar-refractivity contribution in [1.82, 2.24) is 4.98 Å². The second-order valence-corrected chi connectivity index (χ2v) is 6.24. The Balaban J connectivity index is 2.15. The maximum atomic E-state index is 11.0. The molecule has 1 aromatic carbocycles. The number of hydrogen-bond acceptors (Lipinski definition) is 5. The summed E-state index contributed by atoms with van der Waals surface area (Å²) in [5.74, 6) is 0.784. The molecule has 0 saturated carbocycles. The molecular formula is C12H10ClNO4S. The number of aliphatic hydroxyl groups is 1. The lowest BCUT2D eigenvalue weighted by Gasteiger charge is -2.05. The van der Waals surface area contributed by atoms with Crippen LogP contribution < -0.4 is 4.74 Å². The van der Waals surface area contributed by atoms with Gasteiger partial charge in [-0.15, -0.1) is 0 Å². The average molecular weight is 300 g/mol. The monoisotopic (exact) mass is 299 g/mol. The zero-order valence-corrected chi connectivity index (χ0v) is 11.2. The minimum atomic E-state index is -3.78. The van der Waals surface area contributed by atoms with Crippen LogP contribution in [-0.2, 0) is 15.7 Å². The van der Waals surface area contributed by atoms with Gasteiger partial charge in [-0.25, -0.2) is 13.4 Å². The lowest BCUT2D eigenvalue weighted by molar-refractivity contribution is 0.281. The highest BCUT2D eigenvalue weighted by molar-refractivity contribution is 8.13. The standard InChI is InChI=1S/C12H10ClNO4S/c13-19(16,17)11-5-6-12(14-7-11)18-10-3-1-9(8-15)2-4-10/h1-7,15H,8H2. The van der Waals surface area contributed by atoms with Gasteiger partial charge < -0.3 is 9.84 Å². The molecule has 1 heterocycles. The molecule has 0 atom stereocenters. The van der Waals surface area contributed by atoms with Crippen LogP contribution in [0.4, 0.5) is 0 Å². The van der Waals surface area contributed by atoms with Crippen molar-refractivity contribution in [3.8, 4) is 11.6 Å². The lowest BCUT2D eigenvalue weighted by Crippen LogP contribution is -1.93. The minimum absolute atomic E-state index is 0.0409. The van der Waals surface area contributed by atoms with E-state index in [-0.39, 0.29) is 17.4 Å². The Morgan fingerprint density at radius 3 is 2.32 bits per heavy atom. The average Bonchev–Trinajstić information content (AvgIpc) is 2.39. The molecule has 0 bridgehead atoms. The molecule has 1 aromatic heterocycles. The zero-order valence-electron chi connectivity index (χ0n) is 9.65. The van der Waals surface area contributed by atoms with Crippen LogP contribution in [-0.4, -0.2) is 18.5 Å². The molecule has 19 heavy (non-hydrogen) atoms. The summed E-state index contributed by atoms with van der Waals surface area (Å²) in [5, 5.41) is 8.90. The first-order chi connectivity index (χ1) is 8.99. The van der Waals surface area contributed by atoms with Crippen molar-refractivity contribution < 1.29 is 18.3 Å². The van der Waals surface area contributed by atoms with Gasteiger partial charge in [0.2, 0.25) is 5.88 Å². The summed E-state index contributed by atoms with van der Waals surface area (Å²) in [5.41, 5.74) is 0.767. The van der Waals surface area contributed by atoms with Gasteiger partial charge in [0.15, 0.2) is 0 Å². The maximum Gasteiger partial charge on any atom is 0.262 e. The zero-order chi connectivity index (χ0) is 13.9. The van der Waals surface area contributed by atoms with Crippen LogP contribution in [0.1, 0.15) is 5.56 Å². The van der Waals surface area contributed by atoms with E-state index in [1.165, 1.54) is 12.1 Å². The number of ether oxygens (including phenoxy) is 1. The Morgan fingerprint density at radius 1 is 1.16 bits per heavy atom. The molecular weight excluding hydrogens is 290 g/mol. The summed E-state index contributed by atoms with van der Waals surface area (Å²) in [4.78, 5) is 3.76. The normalized spacial score (nSPS) is 11.3. The van der Waals surface area contributed by atoms with Gasteiger partial charge in [-0.2, -0.15) is 0 Å². The summed E-state index contributed by atoms with van der Waals surface area (Å²) in [6.07, 6.45) is 1.12. The van der Waals surface area contributed by atoms with Gasteiger partial charge in [0.1, 0.15) is 10.6 Å². The van der Waals surface area contributed by atoms with E-state index < -0.39 is 9.05 Å². The highest BCUT2D eigenvalue weighted by Crippen LogP contribution is 2.22. The van der Waals surface area contributed by atoms with Crippen molar-refractivity contribution in [2.45, 2.75) is 11.5 Å². The molecule has 7 heteroatoms. The predicted molar refractivity (Wildman–Crippen MR) is 69.7 cm³/mol. The number of nitrogens with zero attached hydrogens (tertiary/aromatic N) is 1. The van der Waals surface area contributed by atoms with Gasteiger partial charge in [-0.05, 0) is 23.8 Å². The van der Waals surface area contributed by atoms with Crippen LogP contribution in [0, 0.1) is 0 Å². The molecule has 100 valence electrons. The van der Waals surface area contributed by atoms with Crippen molar-refractivity contribution in [2.24, 2.45) is 0 Å². The Morgan fingerprint density at radius 2 is 1.84 bits per heavy atom. The highest BCUT2D eigenvalue weighted by Gasteiger charge is 2.10. The molecule has 0 saturated heterocycles. The molecule has 2 aromatic rings. The second-order valence-electron chi connectivity index (χ2n) is 3.67. The van der Waals surface area contributed by atoms with Crippen LogP contribution >= 0.6 is 10.7 Å². The quantitative estimate of drug-likeness (QED) is 0.877. The number of aliphatic hydroxyl groups excluding tert-OH is 1. The van der Waals surface area contributed by atoms with E-state index >= 15 is 0 Å². The molecule has 0 radical (unpaired) electrons. The Kier molecular flexibility index (Phi) is 4.04. The van der Waals surface area contributed by atoms with Crippen LogP contribution in [0.25, 0.3) is 0 Å². The molecule has 0 aliphatic carbocycles. The Hall–Kier alpha value is -1.63. The van der Waals surface area contributed by atoms with Gasteiger partial charge in [0.25, 0.3) is 9.05 Å². The molecule has 5 nitrogen and oxygen atoms in total. The molecule has 0 unspecified atom stereocenters. The topological polar surface area (TPSA) is 76.5 Å². The van der Waals surface area contributed by atoms with Crippen molar-refractivity contribution in [2.75, 3.05) is 0 Å². The van der Waals surface area contributed by atoms with Crippen LogP contribution in [0.5, 0.6) is 11.6 Å². The summed E-state index contributed by atoms with van der Waals surface area (Å²) in [6.45, 7) is -0.0409. The fourth-order valence-electron chi connectivity index (χ4n) is 1.35. The highest BCUT2D eigenvalue weighted by atomic mass is 35.7. The molecule has 2 rings (SSSR count). The molecule has 0 amide bonds. The summed E-state index contributed by atoms with van der Waals surface area (Å²) in [6, 6.07) is 9.51. The van der Waals surface area contributed by atoms with E-state index in [0.717, 1.165) is 11.8 Å². The van der Waals surface area contributed by atoms with Crippen molar-refractivity contribution >= 4 is 19.7 Å². The number of hydrogen-bond donors (Lipinski definition) is 1. The molecule has 0 aliphatic heterocycles. The van der Waals surface area contributed by atoms with Crippen LogP contribution in [0.15, 0.2) is 47.5 Å². The first kappa shape index (κ1) is 13.8. The smallest absolute Gasteiger partial charge is 0.262 e. The maximum absolute atomic E-state index is 11.0.